The van der Waals surface area contributed by atoms with Crippen molar-refractivity contribution in [3.8, 4) is 0 Å². The average molecular weight is 326 g/mol. The fraction of sp³-hybridized carbons (Fsp3) is 0.316. The molecule has 1 aliphatic rings. The summed E-state index contributed by atoms with van der Waals surface area (Å²) in [4.78, 5) is 19.5. The Hall–Kier alpha value is -1.62. The molecule has 2 aromatic rings. The summed E-state index contributed by atoms with van der Waals surface area (Å²) in [5.74, 6) is 0.216. The Morgan fingerprint density at radius 2 is 1.61 bits per heavy atom. The lowest BCUT2D eigenvalue weighted by molar-refractivity contribution is 0.0873. The van der Waals surface area contributed by atoms with Crippen LogP contribution in [0, 0.1) is 0 Å². The van der Waals surface area contributed by atoms with Crippen molar-refractivity contribution in [1.82, 2.24) is 9.80 Å². The number of rotatable bonds is 5. The van der Waals surface area contributed by atoms with Crippen LogP contribution in [0.15, 0.2) is 64.4 Å². The number of piperazine rings is 1. The SMILES string of the molecule is CN1CCN(CC(=O)c2ccccc2Sc2ccccc2)CC1. The predicted octanol–water partition coefficient (Wildman–Crippen LogP) is 3.27. The molecule has 1 aliphatic heterocycles. The van der Waals surface area contributed by atoms with Gasteiger partial charge >= 0.3 is 0 Å². The number of carbonyl (C=O) groups is 1. The second kappa shape index (κ2) is 7.77. The molecule has 1 saturated heterocycles. The van der Waals surface area contributed by atoms with Crippen LogP contribution < -0.4 is 0 Å². The number of carbonyl (C=O) groups excluding carboxylic acids is 1. The molecule has 23 heavy (non-hydrogen) atoms. The first-order valence-electron chi connectivity index (χ1n) is 7.98. The van der Waals surface area contributed by atoms with Gasteiger partial charge in [0.05, 0.1) is 6.54 Å². The molecule has 0 aromatic heterocycles. The quantitative estimate of drug-likeness (QED) is 0.787. The molecular formula is C19H22N2OS. The third-order valence-corrected chi connectivity index (χ3v) is 5.21. The van der Waals surface area contributed by atoms with Crippen molar-refractivity contribution in [2.24, 2.45) is 0 Å². The van der Waals surface area contributed by atoms with Gasteiger partial charge in [-0.05, 0) is 25.2 Å². The zero-order valence-corrected chi connectivity index (χ0v) is 14.3. The van der Waals surface area contributed by atoms with Gasteiger partial charge in [-0.1, -0.05) is 48.2 Å². The summed E-state index contributed by atoms with van der Waals surface area (Å²) in [7, 11) is 2.13. The van der Waals surface area contributed by atoms with E-state index in [-0.39, 0.29) is 5.78 Å². The molecule has 0 N–H and O–H groups in total. The maximum atomic E-state index is 12.7. The van der Waals surface area contributed by atoms with Crippen molar-refractivity contribution in [1.29, 1.82) is 0 Å². The van der Waals surface area contributed by atoms with Crippen molar-refractivity contribution in [3.63, 3.8) is 0 Å². The highest BCUT2D eigenvalue weighted by molar-refractivity contribution is 7.99. The van der Waals surface area contributed by atoms with Crippen LogP contribution >= 0.6 is 11.8 Å². The monoisotopic (exact) mass is 326 g/mol. The van der Waals surface area contributed by atoms with Gasteiger partial charge in [-0.2, -0.15) is 0 Å². The first-order valence-corrected chi connectivity index (χ1v) is 8.80. The topological polar surface area (TPSA) is 23.6 Å². The molecular weight excluding hydrogens is 304 g/mol. The molecule has 120 valence electrons. The zero-order chi connectivity index (χ0) is 16.1. The summed E-state index contributed by atoms with van der Waals surface area (Å²) >= 11 is 1.66. The van der Waals surface area contributed by atoms with Gasteiger partial charge in [0.1, 0.15) is 0 Å². The smallest absolute Gasteiger partial charge is 0.177 e. The van der Waals surface area contributed by atoms with E-state index in [1.807, 2.05) is 42.5 Å². The lowest BCUT2D eigenvalue weighted by atomic mass is 10.1. The molecule has 0 saturated carbocycles. The summed E-state index contributed by atoms with van der Waals surface area (Å²) in [6, 6.07) is 18.1. The van der Waals surface area contributed by atoms with Crippen molar-refractivity contribution in [2.45, 2.75) is 9.79 Å². The number of hydrogen-bond acceptors (Lipinski definition) is 4. The van der Waals surface area contributed by atoms with Gasteiger partial charge in [-0.15, -0.1) is 0 Å². The Morgan fingerprint density at radius 1 is 0.957 bits per heavy atom. The Labute approximate surface area is 142 Å². The van der Waals surface area contributed by atoms with E-state index >= 15 is 0 Å². The third-order valence-electron chi connectivity index (χ3n) is 4.12. The second-order valence-corrected chi connectivity index (χ2v) is 7.03. The number of Topliss-reactive ketones (excluding diaryl/α,β-unsaturated/α-hetero) is 1. The van der Waals surface area contributed by atoms with Crippen LogP contribution in [0.3, 0.4) is 0 Å². The van der Waals surface area contributed by atoms with Crippen LogP contribution in [0.2, 0.25) is 0 Å². The normalized spacial score (nSPS) is 16.4. The van der Waals surface area contributed by atoms with E-state index in [9.17, 15) is 4.79 Å². The van der Waals surface area contributed by atoms with Crippen LogP contribution in [0.4, 0.5) is 0 Å². The van der Waals surface area contributed by atoms with Gasteiger partial charge in [0.25, 0.3) is 0 Å². The van der Waals surface area contributed by atoms with Gasteiger partial charge in [0.2, 0.25) is 0 Å². The molecule has 3 nitrogen and oxygen atoms in total. The summed E-state index contributed by atoms with van der Waals surface area (Å²) in [6.07, 6.45) is 0. The van der Waals surface area contributed by atoms with Crippen molar-refractivity contribution < 1.29 is 4.79 Å². The van der Waals surface area contributed by atoms with E-state index in [1.165, 1.54) is 0 Å². The molecule has 0 amide bonds. The maximum Gasteiger partial charge on any atom is 0.177 e. The Balaban J connectivity index is 1.70. The molecule has 0 spiro atoms. The zero-order valence-electron chi connectivity index (χ0n) is 13.4. The fourth-order valence-electron chi connectivity index (χ4n) is 2.70. The maximum absolute atomic E-state index is 12.7. The highest BCUT2D eigenvalue weighted by Crippen LogP contribution is 2.30. The number of nitrogens with zero attached hydrogens (tertiary/aromatic N) is 2. The molecule has 0 atom stereocenters. The summed E-state index contributed by atoms with van der Waals surface area (Å²) < 4.78 is 0. The highest BCUT2D eigenvalue weighted by Gasteiger charge is 2.19. The largest absolute Gasteiger partial charge is 0.304 e. The lowest BCUT2D eigenvalue weighted by Crippen LogP contribution is -2.46. The van der Waals surface area contributed by atoms with Gasteiger partial charge < -0.3 is 4.90 Å². The molecule has 0 aliphatic carbocycles. The Kier molecular flexibility index (Phi) is 5.49. The van der Waals surface area contributed by atoms with Gasteiger partial charge in [-0.3, -0.25) is 9.69 Å². The minimum atomic E-state index is 0.216. The predicted molar refractivity (Wildman–Crippen MR) is 95.3 cm³/mol. The van der Waals surface area contributed by atoms with Crippen LogP contribution in [-0.2, 0) is 0 Å². The molecule has 0 bridgehead atoms. The lowest BCUT2D eigenvalue weighted by Gasteiger charge is -2.31. The van der Waals surface area contributed by atoms with E-state index in [0.29, 0.717) is 6.54 Å². The first kappa shape index (κ1) is 16.2. The summed E-state index contributed by atoms with van der Waals surface area (Å²) in [5.41, 5.74) is 0.834. The van der Waals surface area contributed by atoms with Crippen LogP contribution in [0.25, 0.3) is 0 Å². The molecule has 2 aromatic carbocycles. The average Bonchev–Trinajstić information content (AvgIpc) is 2.58. The molecule has 0 radical (unpaired) electrons. The number of hydrogen-bond donors (Lipinski definition) is 0. The van der Waals surface area contributed by atoms with Gasteiger partial charge in [-0.25, -0.2) is 0 Å². The number of ketones is 1. The van der Waals surface area contributed by atoms with E-state index < -0.39 is 0 Å². The second-order valence-electron chi connectivity index (χ2n) is 5.91. The molecule has 3 rings (SSSR count). The van der Waals surface area contributed by atoms with Crippen molar-refractivity contribution in [2.75, 3.05) is 39.8 Å². The minimum absolute atomic E-state index is 0.216. The van der Waals surface area contributed by atoms with E-state index in [2.05, 4.69) is 29.0 Å². The van der Waals surface area contributed by atoms with E-state index in [0.717, 1.165) is 41.5 Å². The van der Waals surface area contributed by atoms with Crippen LogP contribution in [0.5, 0.6) is 0 Å². The van der Waals surface area contributed by atoms with E-state index in [4.69, 9.17) is 0 Å². The summed E-state index contributed by atoms with van der Waals surface area (Å²) in [6.45, 7) is 4.52. The molecule has 1 heterocycles. The Morgan fingerprint density at radius 3 is 2.35 bits per heavy atom. The van der Waals surface area contributed by atoms with Crippen molar-refractivity contribution in [3.05, 3.63) is 60.2 Å². The number of benzene rings is 2. The molecule has 4 heteroatoms. The standard InChI is InChI=1S/C19H22N2OS/c1-20-11-13-21(14-12-20)15-18(22)17-9-5-6-10-19(17)23-16-7-3-2-4-8-16/h2-10H,11-15H2,1H3. The molecule has 1 fully saturated rings. The third kappa shape index (κ3) is 4.44. The fourth-order valence-corrected chi connectivity index (χ4v) is 3.68. The number of likely N-dealkylation sites (N-methyl/N-ethyl adjacent to an activating group) is 1. The highest BCUT2D eigenvalue weighted by atomic mass is 32.2. The van der Waals surface area contributed by atoms with Crippen molar-refractivity contribution >= 4 is 17.5 Å². The van der Waals surface area contributed by atoms with Crippen LogP contribution in [-0.4, -0.2) is 55.4 Å². The molecule has 0 unspecified atom stereocenters. The first-order chi connectivity index (χ1) is 11.2. The van der Waals surface area contributed by atoms with E-state index in [1.54, 1.807) is 11.8 Å². The minimum Gasteiger partial charge on any atom is -0.304 e. The van der Waals surface area contributed by atoms with Gasteiger partial charge in [0, 0.05) is 41.5 Å². The Bertz CT molecular complexity index is 651. The van der Waals surface area contributed by atoms with Crippen LogP contribution in [0.1, 0.15) is 10.4 Å². The van der Waals surface area contributed by atoms with Gasteiger partial charge in [0.15, 0.2) is 5.78 Å². The summed E-state index contributed by atoms with van der Waals surface area (Å²) in [5, 5.41) is 0.